The molecule has 0 saturated carbocycles. The smallest absolute Gasteiger partial charge is 0.416 e. The summed E-state index contributed by atoms with van der Waals surface area (Å²) >= 11 is 5.98. The number of Topliss-reactive ketones (excluding diaryl/α,β-unsaturated/α-hetero) is 1. The first kappa shape index (κ1) is 23.4. The minimum absolute atomic E-state index is 0.134. The number of carbonyl (C=O) groups is 2. The molecule has 1 N–H and O–H groups in total. The molecule has 0 bridgehead atoms. The van der Waals surface area contributed by atoms with Crippen LogP contribution in [0.15, 0.2) is 78.4 Å². The predicted molar refractivity (Wildman–Crippen MR) is 121 cm³/mol. The Morgan fingerprint density at radius 2 is 1.65 bits per heavy atom. The Hall–Kier alpha value is -3.78. The summed E-state index contributed by atoms with van der Waals surface area (Å²) in [5.41, 5.74) is -0.740. The molecule has 4 rings (SSSR count). The van der Waals surface area contributed by atoms with Gasteiger partial charge in [0.25, 0.3) is 11.7 Å². The fraction of sp³-hybridized carbons (Fsp3) is 0.120. The molecule has 5 nitrogen and oxygen atoms in total. The Morgan fingerprint density at radius 3 is 2.24 bits per heavy atom. The zero-order valence-corrected chi connectivity index (χ0v) is 18.4. The van der Waals surface area contributed by atoms with Crippen molar-refractivity contribution in [1.29, 1.82) is 0 Å². The number of alkyl halides is 3. The molecule has 1 heterocycles. The molecule has 1 fully saturated rings. The quantitative estimate of drug-likeness (QED) is 0.279. The van der Waals surface area contributed by atoms with E-state index in [2.05, 4.69) is 0 Å². The number of hydrogen-bond donors (Lipinski definition) is 1. The van der Waals surface area contributed by atoms with Crippen molar-refractivity contribution in [2.45, 2.75) is 12.2 Å². The van der Waals surface area contributed by atoms with E-state index in [1.54, 1.807) is 24.3 Å². The Morgan fingerprint density at radius 1 is 1.00 bits per heavy atom. The normalized spacial score (nSPS) is 17.8. The van der Waals surface area contributed by atoms with Crippen LogP contribution >= 0.6 is 11.6 Å². The second-order valence-electron chi connectivity index (χ2n) is 7.50. The topological polar surface area (TPSA) is 66.8 Å². The first-order valence-electron chi connectivity index (χ1n) is 10.00. The molecule has 3 aromatic rings. The predicted octanol–water partition coefficient (Wildman–Crippen LogP) is 5.99. The van der Waals surface area contributed by atoms with Gasteiger partial charge in [-0.2, -0.15) is 13.2 Å². The minimum Gasteiger partial charge on any atom is -0.507 e. The van der Waals surface area contributed by atoms with Gasteiger partial charge in [0, 0.05) is 16.3 Å². The molecule has 1 aliphatic rings. The van der Waals surface area contributed by atoms with Gasteiger partial charge in [-0.05, 0) is 60.2 Å². The summed E-state index contributed by atoms with van der Waals surface area (Å²) in [7, 11) is 1.47. The van der Waals surface area contributed by atoms with Gasteiger partial charge in [0.15, 0.2) is 0 Å². The van der Waals surface area contributed by atoms with Gasteiger partial charge in [-0.3, -0.25) is 14.5 Å². The molecular formula is C25H17ClF3NO4. The number of ether oxygens (including phenoxy) is 1. The van der Waals surface area contributed by atoms with Crippen LogP contribution in [0.1, 0.15) is 22.7 Å². The lowest BCUT2D eigenvalue weighted by Gasteiger charge is -2.26. The second kappa shape index (κ2) is 8.87. The van der Waals surface area contributed by atoms with E-state index in [0.717, 1.165) is 23.1 Å². The summed E-state index contributed by atoms with van der Waals surface area (Å²) in [6.07, 6.45) is -4.65. The van der Waals surface area contributed by atoms with E-state index in [1.165, 1.54) is 37.4 Å². The average molecular weight is 488 g/mol. The number of aliphatic hydroxyl groups excluding tert-OH is 1. The fourth-order valence-electron chi connectivity index (χ4n) is 3.80. The number of carbonyl (C=O) groups excluding carboxylic acids is 2. The number of anilines is 1. The average Bonchev–Trinajstić information content (AvgIpc) is 3.09. The van der Waals surface area contributed by atoms with Crippen LogP contribution in [0.25, 0.3) is 5.76 Å². The van der Waals surface area contributed by atoms with E-state index in [4.69, 9.17) is 16.3 Å². The first-order chi connectivity index (χ1) is 16.1. The van der Waals surface area contributed by atoms with Crippen molar-refractivity contribution in [2.75, 3.05) is 12.0 Å². The van der Waals surface area contributed by atoms with Crippen molar-refractivity contribution in [2.24, 2.45) is 0 Å². The molecule has 1 amide bonds. The fourth-order valence-corrected chi connectivity index (χ4v) is 3.92. The van der Waals surface area contributed by atoms with Gasteiger partial charge in [0.1, 0.15) is 11.5 Å². The number of amides is 1. The van der Waals surface area contributed by atoms with Gasteiger partial charge in [-0.15, -0.1) is 0 Å². The molecule has 174 valence electrons. The van der Waals surface area contributed by atoms with E-state index in [0.29, 0.717) is 16.3 Å². The van der Waals surface area contributed by atoms with Crippen LogP contribution in [0.5, 0.6) is 5.75 Å². The molecule has 1 aliphatic heterocycles. The summed E-state index contributed by atoms with van der Waals surface area (Å²) in [5, 5.41) is 11.4. The van der Waals surface area contributed by atoms with Gasteiger partial charge in [-0.25, -0.2) is 0 Å². The molecule has 3 aromatic carbocycles. The van der Waals surface area contributed by atoms with Gasteiger partial charge < -0.3 is 9.84 Å². The molecule has 0 spiro atoms. The summed E-state index contributed by atoms with van der Waals surface area (Å²) in [4.78, 5) is 27.1. The maximum atomic E-state index is 13.3. The lowest BCUT2D eigenvalue weighted by Crippen LogP contribution is -2.29. The van der Waals surface area contributed by atoms with Crippen LogP contribution < -0.4 is 9.64 Å². The first-order valence-corrected chi connectivity index (χ1v) is 10.4. The van der Waals surface area contributed by atoms with E-state index in [9.17, 15) is 27.9 Å². The lowest BCUT2D eigenvalue weighted by molar-refractivity contribution is -0.137. The molecule has 0 aliphatic carbocycles. The SMILES string of the molecule is COc1ccc(/C(O)=C2\C(=O)C(=O)N(c3cccc(C(F)(F)F)c3)[C@H]2c2ccc(Cl)cc2)cc1. The van der Waals surface area contributed by atoms with Gasteiger partial charge in [-0.1, -0.05) is 29.8 Å². The van der Waals surface area contributed by atoms with Crippen LogP contribution in [0, 0.1) is 0 Å². The van der Waals surface area contributed by atoms with Crippen molar-refractivity contribution in [3.63, 3.8) is 0 Å². The lowest BCUT2D eigenvalue weighted by atomic mass is 9.95. The summed E-state index contributed by atoms with van der Waals surface area (Å²) in [5.74, 6) is -2.04. The number of halogens is 4. The summed E-state index contributed by atoms with van der Waals surface area (Å²) < 4.78 is 45.1. The maximum Gasteiger partial charge on any atom is 0.416 e. The Balaban J connectivity index is 1.92. The molecule has 0 radical (unpaired) electrons. The Kier molecular flexibility index (Phi) is 6.10. The third-order valence-electron chi connectivity index (χ3n) is 5.45. The van der Waals surface area contributed by atoms with Crippen LogP contribution in [-0.4, -0.2) is 23.9 Å². The summed E-state index contributed by atoms with van der Waals surface area (Å²) in [6.45, 7) is 0. The number of hydrogen-bond acceptors (Lipinski definition) is 4. The number of rotatable bonds is 4. The highest BCUT2D eigenvalue weighted by Gasteiger charge is 2.47. The highest BCUT2D eigenvalue weighted by atomic mass is 35.5. The Bertz CT molecular complexity index is 1280. The van der Waals surface area contributed by atoms with Crippen molar-refractivity contribution in [3.05, 3.63) is 100 Å². The number of benzene rings is 3. The van der Waals surface area contributed by atoms with Crippen molar-refractivity contribution >= 4 is 34.7 Å². The van der Waals surface area contributed by atoms with Crippen LogP contribution in [0.4, 0.5) is 18.9 Å². The van der Waals surface area contributed by atoms with Crippen LogP contribution in [0.3, 0.4) is 0 Å². The molecule has 1 atom stereocenters. The summed E-state index contributed by atoms with van der Waals surface area (Å²) in [6, 6.07) is 15.2. The van der Waals surface area contributed by atoms with Gasteiger partial charge in [0.05, 0.1) is 24.3 Å². The zero-order valence-electron chi connectivity index (χ0n) is 17.6. The monoisotopic (exact) mass is 487 g/mol. The van der Waals surface area contributed by atoms with E-state index >= 15 is 0 Å². The standard InChI is InChI=1S/C25H17ClF3NO4/c1-34-19-11-7-15(8-12-19)22(31)20-21(14-5-9-17(26)10-6-14)30(24(33)23(20)32)18-4-2-3-16(13-18)25(27,28)29/h2-13,21,31H,1H3/b22-20+/t21-/m0/s1. The highest BCUT2D eigenvalue weighted by molar-refractivity contribution is 6.51. The third kappa shape index (κ3) is 4.24. The molecule has 9 heteroatoms. The largest absolute Gasteiger partial charge is 0.507 e. The number of ketones is 1. The van der Waals surface area contributed by atoms with E-state index < -0.39 is 35.2 Å². The minimum atomic E-state index is -4.65. The van der Waals surface area contributed by atoms with Crippen molar-refractivity contribution < 1.29 is 32.6 Å². The van der Waals surface area contributed by atoms with Gasteiger partial charge >= 0.3 is 6.18 Å². The Labute approximate surface area is 197 Å². The zero-order chi connectivity index (χ0) is 24.6. The maximum absolute atomic E-state index is 13.3. The van der Waals surface area contributed by atoms with E-state index in [1.807, 2.05) is 0 Å². The van der Waals surface area contributed by atoms with Crippen molar-refractivity contribution in [3.8, 4) is 5.75 Å². The molecule has 34 heavy (non-hydrogen) atoms. The van der Waals surface area contributed by atoms with Crippen LogP contribution in [0.2, 0.25) is 5.02 Å². The molecule has 0 unspecified atom stereocenters. The second-order valence-corrected chi connectivity index (χ2v) is 7.93. The van der Waals surface area contributed by atoms with Gasteiger partial charge in [0.2, 0.25) is 0 Å². The molecular weight excluding hydrogens is 471 g/mol. The molecule has 1 saturated heterocycles. The van der Waals surface area contributed by atoms with E-state index in [-0.39, 0.29) is 16.8 Å². The van der Waals surface area contributed by atoms with Crippen molar-refractivity contribution in [1.82, 2.24) is 0 Å². The third-order valence-corrected chi connectivity index (χ3v) is 5.70. The number of aliphatic hydroxyl groups is 1. The number of methoxy groups -OCH3 is 1. The number of nitrogens with zero attached hydrogens (tertiary/aromatic N) is 1. The van der Waals surface area contributed by atoms with Crippen LogP contribution in [-0.2, 0) is 15.8 Å². The highest BCUT2D eigenvalue weighted by Crippen LogP contribution is 2.43. The molecule has 0 aromatic heterocycles.